The predicted molar refractivity (Wildman–Crippen MR) is 93.0 cm³/mol. The molecule has 0 radical (unpaired) electrons. The number of esters is 1. The van der Waals surface area contributed by atoms with Crippen molar-refractivity contribution in [2.24, 2.45) is 5.41 Å². The molecular formula is C17H22BrN3O3. The highest BCUT2D eigenvalue weighted by Crippen LogP contribution is 2.40. The maximum Gasteiger partial charge on any atom is 0.322 e. The second-order valence-corrected chi connectivity index (χ2v) is 8.55. The average molecular weight is 396 g/mol. The summed E-state index contributed by atoms with van der Waals surface area (Å²) in [4.78, 5) is 36.6. The number of rotatable bonds is 2. The fourth-order valence-corrected chi connectivity index (χ4v) is 3.30. The SMILES string of the molecule is CC(C)(C)OC(=O)C1(C)CN(C2CCC2)c2ncc(Br)nc2C1=O. The molecule has 1 aliphatic heterocycles. The normalized spacial score (nSPS) is 24.4. The molecule has 1 aliphatic carbocycles. The first-order valence-electron chi connectivity index (χ1n) is 8.19. The number of carbonyl (C=O) groups excluding carboxylic acids is 2. The van der Waals surface area contributed by atoms with Crippen LogP contribution < -0.4 is 4.90 Å². The van der Waals surface area contributed by atoms with E-state index in [1.54, 1.807) is 33.9 Å². The lowest BCUT2D eigenvalue weighted by Crippen LogP contribution is -2.57. The molecule has 0 spiro atoms. The summed E-state index contributed by atoms with van der Waals surface area (Å²) in [5, 5.41) is 0. The van der Waals surface area contributed by atoms with Gasteiger partial charge in [-0.25, -0.2) is 9.97 Å². The fraction of sp³-hybridized carbons (Fsp3) is 0.647. The Balaban J connectivity index is 2.03. The van der Waals surface area contributed by atoms with Crippen molar-refractivity contribution in [2.45, 2.75) is 58.6 Å². The number of Topliss-reactive ketones (excluding diaryl/α,β-unsaturated/α-hetero) is 1. The van der Waals surface area contributed by atoms with E-state index >= 15 is 0 Å². The van der Waals surface area contributed by atoms with Gasteiger partial charge in [-0.2, -0.15) is 0 Å². The number of fused-ring (bicyclic) bond motifs is 1. The Hall–Kier alpha value is -1.50. The van der Waals surface area contributed by atoms with Crippen molar-refractivity contribution in [3.63, 3.8) is 0 Å². The second kappa shape index (κ2) is 5.79. The van der Waals surface area contributed by atoms with Crippen LogP contribution in [0.2, 0.25) is 0 Å². The molecular weight excluding hydrogens is 374 g/mol. The van der Waals surface area contributed by atoms with Crippen LogP contribution in [0.15, 0.2) is 10.8 Å². The number of anilines is 1. The quantitative estimate of drug-likeness (QED) is 0.565. The molecule has 2 heterocycles. The van der Waals surface area contributed by atoms with Crippen LogP contribution in [0.3, 0.4) is 0 Å². The van der Waals surface area contributed by atoms with Crippen molar-refractivity contribution in [3.8, 4) is 0 Å². The highest BCUT2D eigenvalue weighted by atomic mass is 79.9. The van der Waals surface area contributed by atoms with Crippen LogP contribution in [0.25, 0.3) is 0 Å². The molecule has 1 aromatic heterocycles. The van der Waals surface area contributed by atoms with E-state index in [1.807, 2.05) is 0 Å². The van der Waals surface area contributed by atoms with Crippen LogP contribution in [-0.4, -0.2) is 39.9 Å². The lowest BCUT2D eigenvalue weighted by Gasteiger charge is -2.45. The number of carbonyl (C=O) groups is 2. The van der Waals surface area contributed by atoms with E-state index in [1.165, 1.54) is 0 Å². The Morgan fingerprint density at radius 3 is 2.62 bits per heavy atom. The first-order chi connectivity index (χ1) is 11.1. The van der Waals surface area contributed by atoms with Gasteiger partial charge in [0.25, 0.3) is 0 Å². The van der Waals surface area contributed by atoms with Crippen LogP contribution in [0.4, 0.5) is 5.82 Å². The van der Waals surface area contributed by atoms with Crippen LogP contribution in [0.5, 0.6) is 0 Å². The van der Waals surface area contributed by atoms with Gasteiger partial charge in [-0.15, -0.1) is 0 Å². The Morgan fingerprint density at radius 1 is 1.42 bits per heavy atom. The van der Waals surface area contributed by atoms with Crippen LogP contribution >= 0.6 is 15.9 Å². The number of hydrogen-bond acceptors (Lipinski definition) is 6. The fourth-order valence-electron chi connectivity index (χ4n) is 3.02. The molecule has 24 heavy (non-hydrogen) atoms. The van der Waals surface area contributed by atoms with E-state index < -0.39 is 17.0 Å². The summed E-state index contributed by atoms with van der Waals surface area (Å²) in [6.45, 7) is 7.34. The molecule has 1 unspecified atom stereocenters. The van der Waals surface area contributed by atoms with Crippen LogP contribution in [-0.2, 0) is 9.53 Å². The molecule has 0 amide bonds. The summed E-state index contributed by atoms with van der Waals surface area (Å²) in [6, 6.07) is 0.300. The van der Waals surface area contributed by atoms with E-state index in [4.69, 9.17) is 4.74 Å². The third-order valence-electron chi connectivity index (χ3n) is 4.56. The number of ketones is 1. The molecule has 1 aromatic rings. The molecule has 1 saturated carbocycles. The van der Waals surface area contributed by atoms with E-state index in [0.717, 1.165) is 19.3 Å². The zero-order valence-electron chi connectivity index (χ0n) is 14.4. The van der Waals surface area contributed by atoms with Gasteiger partial charge in [0.1, 0.15) is 15.6 Å². The maximum absolute atomic E-state index is 13.0. The Kier molecular flexibility index (Phi) is 4.18. The Labute approximate surface area is 150 Å². The van der Waals surface area contributed by atoms with Gasteiger partial charge in [-0.3, -0.25) is 9.59 Å². The molecule has 0 aromatic carbocycles. The summed E-state index contributed by atoms with van der Waals surface area (Å²) in [5.74, 6) is -0.248. The molecule has 1 fully saturated rings. The Bertz CT molecular complexity index is 697. The molecule has 2 aliphatic rings. The van der Waals surface area contributed by atoms with Crippen LogP contribution in [0, 0.1) is 5.41 Å². The van der Waals surface area contributed by atoms with Crippen molar-refractivity contribution >= 4 is 33.5 Å². The van der Waals surface area contributed by atoms with E-state index in [-0.39, 0.29) is 18.0 Å². The van der Waals surface area contributed by atoms with Gasteiger partial charge >= 0.3 is 5.97 Å². The third-order valence-corrected chi connectivity index (χ3v) is 4.95. The molecule has 1 atom stereocenters. The third kappa shape index (κ3) is 2.94. The minimum atomic E-state index is -1.27. The monoisotopic (exact) mass is 395 g/mol. The molecule has 6 nitrogen and oxygen atoms in total. The molecule has 0 bridgehead atoms. The van der Waals surface area contributed by atoms with E-state index in [2.05, 4.69) is 30.8 Å². The minimum Gasteiger partial charge on any atom is -0.459 e. The van der Waals surface area contributed by atoms with E-state index in [0.29, 0.717) is 16.5 Å². The highest BCUT2D eigenvalue weighted by molar-refractivity contribution is 9.10. The van der Waals surface area contributed by atoms with Gasteiger partial charge in [0, 0.05) is 12.6 Å². The summed E-state index contributed by atoms with van der Waals surface area (Å²) in [5.41, 5.74) is -1.67. The smallest absolute Gasteiger partial charge is 0.322 e. The van der Waals surface area contributed by atoms with Crippen LogP contribution in [0.1, 0.15) is 57.4 Å². The zero-order chi connectivity index (χ0) is 17.7. The summed E-state index contributed by atoms with van der Waals surface area (Å²) < 4.78 is 6.01. The van der Waals surface area contributed by atoms with Crippen molar-refractivity contribution in [1.82, 2.24) is 9.97 Å². The second-order valence-electron chi connectivity index (χ2n) is 7.74. The number of nitrogens with zero attached hydrogens (tertiary/aromatic N) is 3. The molecule has 130 valence electrons. The van der Waals surface area contributed by atoms with Crippen molar-refractivity contribution in [1.29, 1.82) is 0 Å². The molecule has 0 saturated heterocycles. The zero-order valence-corrected chi connectivity index (χ0v) is 16.0. The largest absolute Gasteiger partial charge is 0.459 e. The first kappa shape index (κ1) is 17.3. The lowest BCUT2D eigenvalue weighted by molar-refractivity contribution is -0.163. The first-order valence-corrected chi connectivity index (χ1v) is 8.98. The molecule has 0 N–H and O–H groups in total. The summed E-state index contributed by atoms with van der Waals surface area (Å²) >= 11 is 3.27. The minimum absolute atomic E-state index is 0.246. The van der Waals surface area contributed by atoms with Gasteiger partial charge in [0.2, 0.25) is 5.78 Å². The van der Waals surface area contributed by atoms with E-state index in [9.17, 15) is 9.59 Å². The van der Waals surface area contributed by atoms with Gasteiger partial charge < -0.3 is 9.64 Å². The number of aromatic nitrogens is 2. The van der Waals surface area contributed by atoms with Crippen molar-refractivity contribution in [3.05, 3.63) is 16.5 Å². The molecule has 3 rings (SSSR count). The van der Waals surface area contributed by atoms with Gasteiger partial charge in [0.05, 0.1) is 6.20 Å². The average Bonchev–Trinajstić information content (AvgIpc) is 2.40. The summed E-state index contributed by atoms with van der Waals surface area (Å²) in [6.07, 6.45) is 4.82. The van der Waals surface area contributed by atoms with Gasteiger partial charge in [-0.1, -0.05) is 0 Å². The standard InChI is InChI=1S/C17H22BrN3O3/c1-16(2,3)24-15(23)17(4)9-21(10-6-5-7-10)14-12(13(17)22)20-11(18)8-19-14/h8,10H,5-7,9H2,1-4H3. The highest BCUT2D eigenvalue weighted by Gasteiger charge is 2.52. The van der Waals surface area contributed by atoms with Gasteiger partial charge in [0.15, 0.2) is 11.5 Å². The maximum atomic E-state index is 13.0. The lowest BCUT2D eigenvalue weighted by atomic mass is 9.78. The topological polar surface area (TPSA) is 72.4 Å². The Morgan fingerprint density at radius 2 is 2.08 bits per heavy atom. The van der Waals surface area contributed by atoms with Gasteiger partial charge in [-0.05, 0) is 62.9 Å². The summed E-state index contributed by atoms with van der Waals surface area (Å²) in [7, 11) is 0. The predicted octanol–water partition coefficient (Wildman–Crippen LogP) is 3.14. The van der Waals surface area contributed by atoms with Crippen molar-refractivity contribution < 1.29 is 14.3 Å². The number of ether oxygens (including phenoxy) is 1. The van der Waals surface area contributed by atoms with Crippen molar-refractivity contribution in [2.75, 3.05) is 11.4 Å². The number of hydrogen-bond donors (Lipinski definition) is 0. The molecule has 7 heteroatoms. The number of halogens is 1.